The van der Waals surface area contributed by atoms with E-state index in [2.05, 4.69) is 25.9 Å². The van der Waals surface area contributed by atoms with Gasteiger partial charge < -0.3 is 36.9 Å². The Morgan fingerprint density at radius 2 is 1.58 bits per heavy atom. The van der Waals surface area contributed by atoms with Crippen molar-refractivity contribution in [3.05, 3.63) is 54.1 Å². The summed E-state index contributed by atoms with van der Waals surface area (Å²) in [4.78, 5) is 57.0. The molecule has 5 atom stereocenters. The fraction of sp³-hybridized carbons (Fsp3) is 0.458. The van der Waals surface area contributed by atoms with Gasteiger partial charge in [0.2, 0.25) is 17.7 Å². The zero-order valence-electron chi connectivity index (χ0n) is 20.5. The number of carbonyl (C=O) groups excluding carboxylic acids is 3. The number of carboxylic acids is 1. The van der Waals surface area contributed by atoms with Crippen LogP contribution < -0.4 is 21.7 Å². The largest absolute Gasteiger partial charge is 0.480 e. The number of H-pyrrole nitrogens is 1. The number of benzene rings is 1. The average Bonchev–Trinajstić information content (AvgIpc) is 3.33. The van der Waals surface area contributed by atoms with Gasteiger partial charge in [0.1, 0.15) is 12.1 Å². The van der Waals surface area contributed by atoms with E-state index in [-0.39, 0.29) is 18.8 Å². The number of aliphatic hydroxyl groups excluding tert-OH is 1. The Hall–Kier alpha value is -3.77. The number of carbonyl (C=O) groups is 4. The van der Waals surface area contributed by atoms with Crippen molar-refractivity contribution in [3.63, 3.8) is 0 Å². The molecule has 0 bridgehead atoms. The van der Waals surface area contributed by atoms with E-state index in [4.69, 9.17) is 5.73 Å². The number of nitrogens with one attached hydrogen (secondary N) is 4. The van der Waals surface area contributed by atoms with Crippen molar-refractivity contribution >= 4 is 23.7 Å². The molecule has 8 N–H and O–H groups in total. The lowest BCUT2D eigenvalue weighted by Crippen LogP contribution is -2.59. The third-order valence-corrected chi connectivity index (χ3v) is 5.54. The van der Waals surface area contributed by atoms with Gasteiger partial charge >= 0.3 is 5.97 Å². The van der Waals surface area contributed by atoms with Gasteiger partial charge in [-0.2, -0.15) is 0 Å². The maximum absolute atomic E-state index is 13.2. The van der Waals surface area contributed by atoms with Crippen LogP contribution in [0.2, 0.25) is 0 Å². The Balaban J connectivity index is 2.17. The molecule has 0 radical (unpaired) electrons. The summed E-state index contributed by atoms with van der Waals surface area (Å²) in [6, 6.07) is 4.15. The van der Waals surface area contributed by atoms with E-state index in [9.17, 15) is 29.4 Å². The van der Waals surface area contributed by atoms with E-state index in [0.717, 1.165) is 0 Å². The third-order valence-electron chi connectivity index (χ3n) is 5.54. The maximum Gasteiger partial charge on any atom is 0.328 e. The first-order valence-electron chi connectivity index (χ1n) is 11.6. The molecule has 0 saturated heterocycles. The van der Waals surface area contributed by atoms with Crippen molar-refractivity contribution in [2.24, 2.45) is 11.7 Å². The second kappa shape index (κ2) is 13.4. The molecule has 0 saturated carbocycles. The van der Waals surface area contributed by atoms with Crippen LogP contribution in [0.15, 0.2) is 42.9 Å². The fourth-order valence-electron chi connectivity index (χ4n) is 3.48. The molecule has 12 nitrogen and oxygen atoms in total. The number of rotatable bonds is 13. The summed E-state index contributed by atoms with van der Waals surface area (Å²) in [6.45, 7) is 4.69. The van der Waals surface area contributed by atoms with Crippen LogP contribution in [0.25, 0.3) is 0 Å². The van der Waals surface area contributed by atoms with E-state index in [0.29, 0.717) is 11.3 Å². The van der Waals surface area contributed by atoms with Crippen LogP contribution in [-0.2, 0) is 32.0 Å². The van der Waals surface area contributed by atoms with Crippen molar-refractivity contribution in [1.82, 2.24) is 25.9 Å². The SMILES string of the molecule is CC(C)C(NC(=O)C(N)Cc1cnc[nH]1)C(=O)NC(Cc1ccccc1)C(=O)NC(C(=O)O)C(C)O. The minimum Gasteiger partial charge on any atom is -0.480 e. The molecule has 0 fully saturated rings. The summed E-state index contributed by atoms with van der Waals surface area (Å²) in [5, 5.41) is 26.6. The zero-order valence-corrected chi connectivity index (χ0v) is 20.5. The van der Waals surface area contributed by atoms with Gasteiger partial charge in [0.05, 0.1) is 18.5 Å². The van der Waals surface area contributed by atoms with Crippen LogP contribution in [0.3, 0.4) is 0 Å². The zero-order chi connectivity index (χ0) is 26.8. The van der Waals surface area contributed by atoms with Crippen LogP contribution in [0, 0.1) is 5.92 Å². The van der Waals surface area contributed by atoms with Gasteiger partial charge in [0.15, 0.2) is 6.04 Å². The number of imidazole rings is 1. The highest BCUT2D eigenvalue weighted by molar-refractivity contribution is 5.94. The number of nitrogens with zero attached hydrogens (tertiary/aromatic N) is 1. The molecule has 1 heterocycles. The number of aliphatic carboxylic acids is 1. The highest BCUT2D eigenvalue weighted by atomic mass is 16.4. The molecule has 0 aliphatic heterocycles. The van der Waals surface area contributed by atoms with Crippen LogP contribution in [-0.4, -0.2) is 74.1 Å². The lowest BCUT2D eigenvalue weighted by molar-refractivity contribution is -0.145. The highest BCUT2D eigenvalue weighted by Crippen LogP contribution is 2.08. The van der Waals surface area contributed by atoms with E-state index in [1.165, 1.54) is 13.3 Å². The van der Waals surface area contributed by atoms with Gasteiger partial charge in [0, 0.05) is 24.7 Å². The Kier molecular flexibility index (Phi) is 10.6. The van der Waals surface area contributed by atoms with Crippen molar-refractivity contribution in [2.75, 3.05) is 0 Å². The van der Waals surface area contributed by atoms with Crippen molar-refractivity contribution in [3.8, 4) is 0 Å². The molecular weight excluding hydrogens is 468 g/mol. The van der Waals surface area contributed by atoms with Crippen LogP contribution in [0.4, 0.5) is 0 Å². The predicted molar refractivity (Wildman–Crippen MR) is 130 cm³/mol. The van der Waals surface area contributed by atoms with Crippen molar-refractivity contribution in [2.45, 2.75) is 63.9 Å². The minimum absolute atomic E-state index is 0.0582. The quantitative estimate of drug-likeness (QED) is 0.183. The second-order valence-corrected chi connectivity index (χ2v) is 8.93. The molecule has 1 aromatic heterocycles. The summed E-state index contributed by atoms with van der Waals surface area (Å²) in [5.74, 6) is -3.74. The smallest absolute Gasteiger partial charge is 0.328 e. The Labute approximate surface area is 209 Å². The molecule has 3 amide bonds. The van der Waals surface area contributed by atoms with Gasteiger partial charge in [-0.15, -0.1) is 0 Å². The summed E-state index contributed by atoms with van der Waals surface area (Å²) in [7, 11) is 0. The summed E-state index contributed by atoms with van der Waals surface area (Å²) in [6.07, 6.45) is 1.90. The number of amides is 3. The Morgan fingerprint density at radius 3 is 2.11 bits per heavy atom. The van der Waals surface area contributed by atoms with E-state index < -0.39 is 54.0 Å². The number of hydrogen-bond donors (Lipinski definition) is 7. The fourth-order valence-corrected chi connectivity index (χ4v) is 3.48. The lowest BCUT2D eigenvalue weighted by atomic mass is 10.00. The van der Waals surface area contributed by atoms with Gasteiger partial charge in [-0.1, -0.05) is 44.2 Å². The Bertz CT molecular complexity index is 1010. The molecule has 1 aromatic carbocycles. The average molecular weight is 503 g/mol. The molecule has 36 heavy (non-hydrogen) atoms. The summed E-state index contributed by atoms with van der Waals surface area (Å²) < 4.78 is 0. The number of aromatic amines is 1. The van der Waals surface area contributed by atoms with E-state index >= 15 is 0 Å². The van der Waals surface area contributed by atoms with Crippen LogP contribution in [0.1, 0.15) is 32.0 Å². The number of nitrogens with two attached hydrogens (primary N) is 1. The summed E-state index contributed by atoms with van der Waals surface area (Å²) >= 11 is 0. The van der Waals surface area contributed by atoms with E-state index in [1.54, 1.807) is 50.4 Å². The molecule has 12 heteroatoms. The number of aliphatic hydroxyl groups is 1. The first kappa shape index (κ1) is 28.5. The molecule has 2 rings (SSSR count). The number of aromatic nitrogens is 2. The highest BCUT2D eigenvalue weighted by Gasteiger charge is 2.33. The molecule has 2 aromatic rings. The molecule has 5 unspecified atom stereocenters. The van der Waals surface area contributed by atoms with E-state index in [1.807, 2.05) is 0 Å². The first-order valence-corrected chi connectivity index (χ1v) is 11.6. The first-order chi connectivity index (χ1) is 17.0. The van der Waals surface area contributed by atoms with Crippen molar-refractivity contribution in [1.29, 1.82) is 0 Å². The van der Waals surface area contributed by atoms with Gasteiger partial charge in [0.25, 0.3) is 0 Å². The topological polar surface area (TPSA) is 200 Å². The normalized spacial score (nSPS) is 15.3. The Morgan fingerprint density at radius 1 is 0.944 bits per heavy atom. The molecule has 196 valence electrons. The second-order valence-electron chi connectivity index (χ2n) is 8.93. The standard InChI is InChI=1S/C24H34N6O6/c1-13(2)19(29-21(32)17(25)10-16-11-26-12-27-16)23(34)28-18(9-15-7-5-4-6-8-15)22(33)30-20(14(3)31)24(35)36/h4-8,11-14,17-20,31H,9-10,25H2,1-3H3,(H,26,27)(H,28,34)(H,29,32)(H,30,33)(H,35,36). The van der Waals surface area contributed by atoms with Crippen LogP contribution in [0.5, 0.6) is 0 Å². The van der Waals surface area contributed by atoms with Crippen LogP contribution >= 0.6 is 0 Å². The number of carboxylic acid groups (broad SMARTS) is 1. The maximum atomic E-state index is 13.2. The minimum atomic E-state index is -1.56. The van der Waals surface area contributed by atoms with Gasteiger partial charge in [-0.25, -0.2) is 9.78 Å². The molecular formula is C24H34N6O6. The van der Waals surface area contributed by atoms with Gasteiger partial charge in [-0.3, -0.25) is 14.4 Å². The molecule has 0 aliphatic carbocycles. The predicted octanol–water partition coefficient (Wildman–Crippen LogP) is -0.902. The van der Waals surface area contributed by atoms with Crippen molar-refractivity contribution < 1.29 is 29.4 Å². The lowest BCUT2D eigenvalue weighted by Gasteiger charge is -2.27. The summed E-state index contributed by atoms with van der Waals surface area (Å²) in [5.41, 5.74) is 7.36. The third kappa shape index (κ3) is 8.47. The monoisotopic (exact) mass is 502 g/mol. The van der Waals surface area contributed by atoms with Gasteiger partial charge in [-0.05, 0) is 18.4 Å². The molecule has 0 aliphatic rings. The number of hydrogen-bond acceptors (Lipinski definition) is 7. The molecule has 0 spiro atoms.